The van der Waals surface area contributed by atoms with Gasteiger partial charge in [0.05, 0.1) is 5.52 Å². The molecule has 1 aromatic carbocycles. The molecule has 0 saturated heterocycles. The van der Waals surface area contributed by atoms with Crippen LogP contribution in [-0.4, -0.2) is 15.0 Å². The van der Waals surface area contributed by atoms with Gasteiger partial charge in [0.1, 0.15) is 11.6 Å². The molecule has 0 atom stereocenters. The number of fused-ring (bicyclic) bond motifs is 1. The maximum Gasteiger partial charge on any atom is 0.178 e. The molecule has 0 fully saturated rings. The third kappa shape index (κ3) is 1.66. The molecule has 0 aliphatic rings. The zero-order chi connectivity index (χ0) is 12.7. The SMILES string of the molecule is Cc1cc(F)ccc1-c1nc2nccc(C)c2[nH]1. The first-order valence-electron chi connectivity index (χ1n) is 5.73. The Morgan fingerprint density at radius 1 is 1.11 bits per heavy atom. The number of aromatic amines is 1. The number of aryl methyl sites for hydroxylation is 2. The van der Waals surface area contributed by atoms with Gasteiger partial charge in [-0.05, 0) is 49.2 Å². The zero-order valence-corrected chi connectivity index (χ0v) is 10.2. The summed E-state index contributed by atoms with van der Waals surface area (Å²) in [6.07, 6.45) is 1.74. The number of imidazole rings is 1. The minimum Gasteiger partial charge on any atom is -0.336 e. The van der Waals surface area contributed by atoms with Crippen molar-refractivity contribution >= 4 is 11.2 Å². The van der Waals surface area contributed by atoms with E-state index in [1.165, 1.54) is 12.1 Å². The van der Waals surface area contributed by atoms with Gasteiger partial charge in [0.15, 0.2) is 5.65 Å². The molecule has 4 heteroatoms. The number of benzene rings is 1. The maximum atomic E-state index is 13.1. The van der Waals surface area contributed by atoms with Crippen LogP contribution >= 0.6 is 0 Å². The van der Waals surface area contributed by atoms with Crippen molar-refractivity contribution in [3.63, 3.8) is 0 Å². The van der Waals surface area contributed by atoms with Gasteiger partial charge >= 0.3 is 0 Å². The highest BCUT2D eigenvalue weighted by atomic mass is 19.1. The molecule has 3 aromatic rings. The van der Waals surface area contributed by atoms with Gasteiger partial charge in [-0.2, -0.15) is 0 Å². The number of aromatic nitrogens is 3. The molecule has 0 aliphatic carbocycles. The summed E-state index contributed by atoms with van der Waals surface area (Å²) in [6, 6.07) is 6.61. The van der Waals surface area contributed by atoms with Crippen LogP contribution in [0.3, 0.4) is 0 Å². The first-order valence-corrected chi connectivity index (χ1v) is 5.73. The predicted molar refractivity (Wildman–Crippen MR) is 68.8 cm³/mol. The van der Waals surface area contributed by atoms with Crippen LogP contribution in [0.2, 0.25) is 0 Å². The molecule has 1 N–H and O–H groups in total. The highest BCUT2D eigenvalue weighted by Gasteiger charge is 2.10. The van der Waals surface area contributed by atoms with Crippen LogP contribution in [0.15, 0.2) is 30.5 Å². The van der Waals surface area contributed by atoms with E-state index in [0.717, 1.165) is 28.0 Å². The van der Waals surface area contributed by atoms with E-state index in [1.807, 2.05) is 19.9 Å². The second kappa shape index (κ2) is 3.91. The summed E-state index contributed by atoms with van der Waals surface area (Å²) in [5.74, 6) is 0.492. The lowest BCUT2D eigenvalue weighted by atomic mass is 10.1. The van der Waals surface area contributed by atoms with Crippen molar-refractivity contribution in [2.75, 3.05) is 0 Å². The number of hydrogen-bond acceptors (Lipinski definition) is 2. The molecule has 0 aliphatic heterocycles. The van der Waals surface area contributed by atoms with Gasteiger partial charge in [-0.1, -0.05) is 0 Å². The number of halogens is 1. The van der Waals surface area contributed by atoms with Crippen LogP contribution in [-0.2, 0) is 0 Å². The van der Waals surface area contributed by atoms with Crippen LogP contribution in [0.25, 0.3) is 22.6 Å². The zero-order valence-electron chi connectivity index (χ0n) is 10.2. The standard InChI is InChI=1S/C14H12FN3/c1-8-5-6-16-14-12(8)17-13(18-14)11-4-3-10(15)7-9(11)2/h3-7H,1-2H3,(H,16,17,18). The minimum atomic E-state index is -0.235. The molecule has 3 rings (SSSR count). The number of nitrogens with zero attached hydrogens (tertiary/aromatic N) is 2. The number of rotatable bonds is 1. The monoisotopic (exact) mass is 241 g/mol. The lowest BCUT2D eigenvalue weighted by Crippen LogP contribution is -1.86. The highest BCUT2D eigenvalue weighted by molar-refractivity contribution is 5.79. The van der Waals surface area contributed by atoms with Crippen molar-refractivity contribution in [2.45, 2.75) is 13.8 Å². The lowest BCUT2D eigenvalue weighted by Gasteiger charge is -2.01. The normalized spacial score (nSPS) is 11.1. The third-order valence-electron chi connectivity index (χ3n) is 3.04. The van der Waals surface area contributed by atoms with E-state index in [9.17, 15) is 4.39 Å². The van der Waals surface area contributed by atoms with Crippen LogP contribution in [0.4, 0.5) is 4.39 Å². The van der Waals surface area contributed by atoms with Crippen molar-refractivity contribution < 1.29 is 4.39 Å². The van der Waals surface area contributed by atoms with E-state index in [1.54, 1.807) is 12.3 Å². The predicted octanol–water partition coefficient (Wildman–Crippen LogP) is 3.38. The van der Waals surface area contributed by atoms with Gasteiger partial charge in [0.2, 0.25) is 0 Å². The first kappa shape index (κ1) is 10.9. The van der Waals surface area contributed by atoms with Crippen molar-refractivity contribution in [2.24, 2.45) is 0 Å². The second-order valence-electron chi connectivity index (χ2n) is 4.37. The second-order valence-corrected chi connectivity index (χ2v) is 4.37. The summed E-state index contributed by atoms with van der Waals surface area (Å²) in [7, 11) is 0. The van der Waals surface area contributed by atoms with Crippen molar-refractivity contribution in [1.29, 1.82) is 0 Å². The molecular formula is C14H12FN3. The molecular weight excluding hydrogens is 229 g/mol. The molecule has 3 nitrogen and oxygen atoms in total. The molecule has 0 radical (unpaired) electrons. The number of nitrogens with one attached hydrogen (secondary N) is 1. The number of pyridine rings is 1. The Balaban J connectivity index is 2.23. The topological polar surface area (TPSA) is 41.6 Å². The van der Waals surface area contributed by atoms with Crippen LogP contribution in [0, 0.1) is 19.7 Å². The first-order chi connectivity index (χ1) is 8.65. The Labute approximate surface area is 104 Å². The quantitative estimate of drug-likeness (QED) is 0.709. The van der Waals surface area contributed by atoms with E-state index >= 15 is 0 Å². The van der Waals surface area contributed by atoms with E-state index in [2.05, 4.69) is 15.0 Å². The van der Waals surface area contributed by atoms with Crippen LogP contribution in [0.5, 0.6) is 0 Å². The molecule has 0 spiro atoms. The smallest absolute Gasteiger partial charge is 0.178 e. The summed E-state index contributed by atoms with van der Waals surface area (Å²) >= 11 is 0. The summed E-state index contributed by atoms with van der Waals surface area (Å²) < 4.78 is 13.1. The average Bonchev–Trinajstić information content (AvgIpc) is 2.74. The molecule has 2 heterocycles. The fraction of sp³-hybridized carbons (Fsp3) is 0.143. The number of hydrogen-bond donors (Lipinski definition) is 1. The van der Waals surface area contributed by atoms with Gasteiger partial charge in [0, 0.05) is 11.8 Å². The van der Waals surface area contributed by atoms with Gasteiger partial charge in [-0.25, -0.2) is 14.4 Å². The van der Waals surface area contributed by atoms with E-state index in [0.29, 0.717) is 5.65 Å². The molecule has 2 aromatic heterocycles. The fourth-order valence-corrected chi connectivity index (χ4v) is 2.06. The third-order valence-corrected chi connectivity index (χ3v) is 3.04. The average molecular weight is 241 g/mol. The van der Waals surface area contributed by atoms with Crippen molar-refractivity contribution in [1.82, 2.24) is 15.0 Å². The van der Waals surface area contributed by atoms with E-state index in [-0.39, 0.29) is 5.82 Å². The Morgan fingerprint density at radius 2 is 1.94 bits per heavy atom. The summed E-state index contributed by atoms with van der Waals surface area (Å²) in [4.78, 5) is 11.9. The van der Waals surface area contributed by atoms with Gasteiger partial charge in [-0.15, -0.1) is 0 Å². The van der Waals surface area contributed by atoms with Crippen molar-refractivity contribution in [3.8, 4) is 11.4 Å². The number of H-pyrrole nitrogens is 1. The van der Waals surface area contributed by atoms with E-state index < -0.39 is 0 Å². The molecule has 18 heavy (non-hydrogen) atoms. The molecule has 0 bridgehead atoms. The summed E-state index contributed by atoms with van der Waals surface area (Å²) in [5.41, 5.74) is 4.46. The van der Waals surface area contributed by atoms with Crippen LogP contribution in [0.1, 0.15) is 11.1 Å². The Bertz CT molecular complexity index is 731. The lowest BCUT2D eigenvalue weighted by molar-refractivity contribution is 0.627. The summed E-state index contributed by atoms with van der Waals surface area (Å²) in [6.45, 7) is 3.87. The highest BCUT2D eigenvalue weighted by Crippen LogP contribution is 2.24. The Morgan fingerprint density at radius 3 is 2.67 bits per heavy atom. The molecule has 0 saturated carbocycles. The largest absolute Gasteiger partial charge is 0.336 e. The van der Waals surface area contributed by atoms with Gasteiger partial charge < -0.3 is 4.98 Å². The molecule has 0 unspecified atom stereocenters. The molecule has 0 amide bonds. The van der Waals surface area contributed by atoms with Crippen molar-refractivity contribution in [3.05, 3.63) is 47.4 Å². The Hall–Kier alpha value is -2.23. The minimum absolute atomic E-state index is 0.235. The van der Waals surface area contributed by atoms with Gasteiger partial charge in [0.25, 0.3) is 0 Å². The molecule has 90 valence electrons. The fourth-order valence-electron chi connectivity index (χ4n) is 2.06. The Kier molecular flexibility index (Phi) is 2.37. The van der Waals surface area contributed by atoms with E-state index in [4.69, 9.17) is 0 Å². The summed E-state index contributed by atoms with van der Waals surface area (Å²) in [5, 5.41) is 0. The van der Waals surface area contributed by atoms with Crippen LogP contribution < -0.4 is 0 Å². The maximum absolute atomic E-state index is 13.1. The van der Waals surface area contributed by atoms with Gasteiger partial charge in [-0.3, -0.25) is 0 Å².